The first kappa shape index (κ1) is 6.93. The molecule has 44 valence electrons. The van der Waals surface area contributed by atoms with Crippen LogP contribution in [-0.4, -0.2) is 15.2 Å². The van der Waals surface area contributed by atoms with Gasteiger partial charge in [0.25, 0.3) is 0 Å². The van der Waals surface area contributed by atoms with Crippen LogP contribution in [0, 0.1) is 0 Å². The zero-order chi connectivity index (χ0) is 6.24. The van der Waals surface area contributed by atoms with Crippen LogP contribution in [-0.2, 0) is 0 Å². The number of hydrazine groups is 1. The fourth-order valence-corrected chi connectivity index (χ4v) is 0.205. The lowest BCUT2D eigenvalue weighted by Crippen LogP contribution is -2.02. The molecule has 0 saturated carbocycles. The van der Waals surface area contributed by atoms with Crippen LogP contribution >= 0.6 is 0 Å². The third-order valence-electron chi connectivity index (χ3n) is 0.404. The van der Waals surface area contributed by atoms with E-state index in [0.717, 1.165) is 0 Å². The Morgan fingerprint density at radius 2 is 1.75 bits per heavy atom. The Labute approximate surface area is 46.7 Å². The minimum atomic E-state index is 1.39. The van der Waals surface area contributed by atoms with Crippen LogP contribution in [0.5, 0.6) is 0 Å². The maximum absolute atomic E-state index is 4.00. The van der Waals surface area contributed by atoms with E-state index in [4.69, 9.17) is 0 Å². The molecule has 4 N–H and O–H groups in total. The summed E-state index contributed by atoms with van der Waals surface area (Å²) < 4.78 is 0. The average Bonchev–Trinajstić information content (AvgIpc) is 1.96. The maximum atomic E-state index is 4.00. The van der Waals surface area contributed by atoms with E-state index >= 15 is 0 Å². The Bertz CT molecular complexity index is 79.6. The summed E-state index contributed by atoms with van der Waals surface area (Å²) in [5.74, 6) is 8.00. The zero-order valence-corrected chi connectivity index (χ0v) is 4.23. The van der Waals surface area contributed by atoms with E-state index in [0.29, 0.717) is 0 Å². The van der Waals surface area contributed by atoms with Crippen molar-refractivity contribution in [1.82, 2.24) is 15.2 Å². The van der Waals surface area contributed by atoms with Crippen molar-refractivity contribution in [3.05, 3.63) is 18.7 Å². The predicted octanol–water partition coefficient (Wildman–Crippen LogP) is -1.31. The highest BCUT2D eigenvalue weighted by molar-refractivity contribution is 4.59. The lowest BCUT2D eigenvalue weighted by Gasteiger charge is -1.69. The first-order chi connectivity index (χ1) is 4.00. The fourth-order valence-electron chi connectivity index (χ4n) is 0.205. The Morgan fingerprint density at radius 3 is 1.88 bits per heavy atom. The molecule has 1 rings (SSSR count). The van der Waals surface area contributed by atoms with E-state index < -0.39 is 0 Å². The Hall–Kier alpha value is -1.07. The molecule has 0 aromatic carbocycles. The first-order valence-corrected chi connectivity index (χ1v) is 1.90. The minimum absolute atomic E-state index is 1.39. The normalized spacial score (nSPS) is 6.75. The summed E-state index contributed by atoms with van der Waals surface area (Å²) in [6.45, 7) is 0. The highest BCUT2D eigenvalue weighted by Crippen LogP contribution is 1.59. The quantitative estimate of drug-likeness (QED) is 0.322. The summed E-state index contributed by atoms with van der Waals surface area (Å²) in [5, 5.41) is 6.90. The Balaban J connectivity index is 0.000000222. The topological polar surface area (TPSA) is 90.7 Å². The molecule has 0 radical (unpaired) electrons. The lowest BCUT2D eigenvalue weighted by molar-refractivity contribution is 0.969. The van der Waals surface area contributed by atoms with E-state index in [2.05, 4.69) is 26.9 Å². The van der Waals surface area contributed by atoms with Crippen molar-refractivity contribution in [2.24, 2.45) is 11.7 Å². The zero-order valence-electron chi connectivity index (χ0n) is 4.23. The second-order valence-electron chi connectivity index (χ2n) is 0.794. The van der Waals surface area contributed by atoms with Gasteiger partial charge in [0.2, 0.25) is 0 Å². The van der Waals surface area contributed by atoms with Crippen molar-refractivity contribution in [2.45, 2.75) is 0 Å². The van der Waals surface area contributed by atoms with Gasteiger partial charge in [0.05, 0.1) is 6.20 Å². The summed E-state index contributed by atoms with van der Waals surface area (Å²) in [6, 6.07) is 0. The number of rotatable bonds is 0. The second kappa shape index (κ2) is 5.93. The van der Waals surface area contributed by atoms with E-state index in [-0.39, 0.29) is 0 Å². The molecule has 0 aliphatic heterocycles. The van der Waals surface area contributed by atoms with Crippen molar-refractivity contribution in [3.63, 3.8) is 0 Å². The van der Waals surface area contributed by atoms with Crippen LogP contribution < -0.4 is 11.7 Å². The second-order valence-corrected chi connectivity index (χ2v) is 0.794. The number of nitrogens with zero attached hydrogens (tertiary/aromatic N) is 3. The fraction of sp³-hybridized carbons (Fsp3) is 0. The molecule has 0 amide bonds. The monoisotopic (exact) mass is 113 g/mol. The summed E-state index contributed by atoms with van der Waals surface area (Å²) in [6.07, 6.45) is 4.49. The standard InChI is InChI=1S/C3H3N3.H4N2/c1-2-5-6-3-4-1;1-2/h1-3H;1-2H2. The molecule has 1 aromatic rings. The van der Waals surface area contributed by atoms with Crippen LogP contribution in [0.15, 0.2) is 18.7 Å². The molecule has 0 fully saturated rings. The average molecular weight is 113 g/mol. The van der Waals surface area contributed by atoms with Gasteiger partial charge in [0, 0.05) is 6.20 Å². The summed E-state index contributed by atoms with van der Waals surface area (Å²) >= 11 is 0. The van der Waals surface area contributed by atoms with Crippen molar-refractivity contribution in [1.29, 1.82) is 0 Å². The lowest BCUT2D eigenvalue weighted by atomic mass is 10.9. The van der Waals surface area contributed by atoms with Crippen molar-refractivity contribution in [2.75, 3.05) is 0 Å². The first-order valence-electron chi connectivity index (χ1n) is 1.90. The van der Waals surface area contributed by atoms with Gasteiger partial charge >= 0.3 is 0 Å². The molecule has 0 aliphatic rings. The molecule has 1 aromatic heterocycles. The van der Waals surface area contributed by atoms with E-state index in [1.54, 1.807) is 6.20 Å². The number of hydrogen-bond donors (Lipinski definition) is 2. The summed E-state index contributed by atoms with van der Waals surface area (Å²) in [4.78, 5) is 3.61. The number of aromatic nitrogens is 3. The van der Waals surface area contributed by atoms with Crippen LogP contribution in [0.4, 0.5) is 0 Å². The Morgan fingerprint density at radius 1 is 1.00 bits per heavy atom. The molecular weight excluding hydrogens is 106 g/mol. The number of hydrogen-bond acceptors (Lipinski definition) is 5. The third kappa shape index (κ3) is 3.13. The van der Waals surface area contributed by atoms with Gasteiger partial charge in [-0.2, -0.15) is 5.10 Å². The van der Waals surface area contributed by atoms with Crippen LogP contribution in [0.3, 0.4) is 0 Å². The SMILES string of the molecule is NN.c1cnncn1. The molecule has 0 aliphatic carbocycles. The molecule has 1 heterocycles. The molecule has 0 saturated heterocycles. The van der Waals surface area contributed by atoms with Crippen LogP contribution in [0.25, 0.3) is 0 Å². The van der Waals surface area contributed by atoms with Crippen molar-refractivity contribution >= 4 is 0 Å². The molecule has 0 bridgehead atoms. The minimum Gasteiger partial charge on any atom is -0.274 e. The molecule has 5 heteroatoms. The Kier molecular flexibility index (Phi) is 5.14. The van der Waals surface area contributed by atoms with E-state index in [9.17, 15) is 0 Å². The van der Waals surface area contributed by atoms with Crippen molar-refractivity contribution < 1.29 is 0 Å². The van der Waals surface area contributed by atoms with Crippen molar-refractivity contribution in [3.8, 4) is 0 Å². The largest absolute Gasteiger partial charge is 0.274 e. The summed E-state index contributed by atoms with van der Waals surface area (Å²) in [7, 11) is 0. The molecule has 8 heavy (non-hydrogen) atoms. The maximum Gasteiger partial charge on any atom is 0.138 e. The molecule has 0 spiro atoms. The van der Waals surface area contributed by atoms with Crippen LogP contribution in [0.2, 0.25) is 0 Å². The third-order valence-corrected chi connectivity index (χ3v) is 0.404. The summed E-state index contributed by atoms with van der Waals surface area (Å²) in [5.41, 5.74) is 0. The van der Waals surface area contributed by atoms with Gasteiger partial charge in [-0.05, 0) is 0 Å². The molecule has 0 unspecified atom stereocenters. The highest BCUT2D eigenvalue weighted by atomic mass is 15.1. The van der Waals surface area contributed by atoms with Gasteiger partial charge in [-0.3, -0.25) is 11.7 Å². The van der Waals surface area contributed by atoms with Gasteiger partial charge in [-0.15, -0.1) is 5.10 Å². The van der Waals surface area contributed by atoms with Gasteiger partial charge < -0.3 is 0 Å². The van der Waals surface area contributed by atoms with Crippen LogP contribution in [0.1, 0.15) is 0 Å². The van der Waals surface area contributed by atoms with E-state index in [1.807, 2.05) is 0 Å². The van der Waals surface area contributed by atoms with Gasteiger partial charge in [0.15, 0.2) is 0 Å². The predicted molar refractivity (Wildman–Crippen MR) is 28.2 cm³/mol. The smallest absolute Gasteiger partial charge is 0.138 e. The van der Waals surface area contributed by atoms with Gasteiger partial charge in [0.1, 0.15) is 6.33 Å². The van der Waals surface area contributed by atoms with E-state index in [1.165, 1.54) is 12.5 Å². The molecule has 0 atom stereocenters. The molecule has 5 nitrogen and oxygen atoms in total. The molecular formula is C3H7N5. The highest BCUT2D eigenvalue weighted by Gasteiger charge is 1.60. The van der Waals surface area contributed by atoms with Gasteiger partial charge in [-0.1, -0.05) is 0 Å². The number of nitrogens with two attached hydrogens (primary N) is 2. The van der Waals surface area contributed by atoms with Gasteiger partial charge in [-0.25, -0.2) is 4.98 Å².